The molecule has 1 unspecified atom stereocenters. The monoisotopic (exact) mass is 304 g/mol. The normalized spacial score (nSPS) is 12.9. The molecule has 3 N–H and O–H groups in total. The van der Waals surface area contributed by atoms with Crippen LogP contribution in [0.15, 0.2) is 30.7 Å². The third-order valence-corrected chi connectivity index (χ3v) is 3.64. The van der Waals surface area contributed by atoms with Gasteiger partial charge in [-0.3, -0.25) is 9.67 Å². The molecule has 0 aromatic carbocycles. The first kappa shape index (κ1) is 16.0. The predicted octanol–water partition coefficient (Wildman–Crippen LogP) is 1.77. The van der Waals surface area contributed by atoms with Crippen LogP contribution in [0.5, 0.6) is 5.75 Å². The summed E-state index contributed by atoms with van der Waals surface area (Å²) in [6, 6.07) is 3.15. The molecule has 0 fully saturated rings. The third kappa shape index (κ3) is 3.25. The second kappa shape index (κ2) is 6.15. The van der Waals surface area contributed by atoms with Crippen molar-refractivity contribution in [2.75, 3.05) is 0 Å². The molecule has 0 bridgehead atoms. The van der Waals surface area contributed by atoms with E-state index in [1.165, 1.54) is 6.20 Å². The van der Waals surface area contributed by atoms with E-state index in [2.05, 4.69) is 10.1 Å². The van der Waals surface area contributed by atoms with E-state index in [0.29, 0.717) is 5.69 Å². The number of hydrogen-bond donors (Lipinski definition) is 2. The molecule has 2 aromatic rings. The maximum Gasteiger partial charge on any atom is 0.410 e. The molecule has 0 aliphatic carbocycles. The lowest BCUT2D eigenvalue weighted by Crippen LogP contribution is -2.27. The molecule has 2 aromatic heterocycles. The highest BCUT2D eigenvalue weighted by Crippen LogP contribution is 2.36. The minimum absolute atomic E-state index is 0.236. The maximum atomic E-state index is 10.7. The van der Waals surface area contributed by atoms with Crippen LogP contribution in [-0.4, -0.2) is 26.0 Å². The zero-order chi connectivity index (χ0) is 16.3. The van der Waals surface area contributed by atoms with E-state index in [1.807, 2.05) is 27.0 Å². The lowest BCUT2D eigenvalue weighted by atomic mass is 9.79. The molecule has 0 aliphatic rings. The molecule has 0 saturated carbocycles. The zero-order valence-corrected chi connectivity index (χ0v) is 12.9. The summed E-state index contributed by atoms with van der Waals surface area (Å²) in [5.41, 5.74) is 5.77. The van der Waals surface area contributed by atoms with E-state index in [0.717, 1.165) is 12.1 Å². The quantitative estimate of drug-likeness (QED) is 0.876. The largest absolute Gasteiger partial charge is 0.410 e. The molecule has 0 radical (unpaired) electrons. The Morgan fingerprint density at radius 3 is 2.68 bits per heavy atom. The van der Waals surface area contributed by atoms with Crippen molar-refractivity contribution in [3.63, 3.8) is 0 Å². The first-order valence-corrected chi connectivity index (χ1v) is 6.98. The summed E-state index contributed by atoms with van der Waals surface area (Å²) < 4.78 is 6.53. The van der Waals surface area contributed by atoms with Crippen molar-refractivity contribution in [1.29, 1.82) is 0 Å². The van der Waals surface area contributed by atoms with Gasteiger partial charge in [-0.1, -0.05) is 13.8 Å². The van der Waals surface area contributed by atoms with Crippen LogP contribution in [0.1, 0.15) is 38.1 Å². The highest BCUT2D eigenvalue weighted by molar-refractivity contribution is 5.67. The first-order valence-electron chi connectivity index (χ1n) is 6.98. The molecule has 22 heavy (non-hydrogen) atoms. The Hall–Kier alpha value is -2.41. The van der Waals surface area contributed by atoms with Gasteiger partial charge in [0.15, 0.2) is 5.75 Å². The molecule has 7 heteroatoms. The number of ether oxygens (including phenoxy) is 1. The van der Waals surface area contributed by atoms with Crippen LogP contribution in [0.2, 0.25) is 0 Å². The number of carbonyl (C=O) groups excluding carboxylic acids is 1. The SMILES string of the molecule is CCn1cc(C(C)(C)C(O)c2ccc(OC(N)=O)cn2)cn1. The Balaban J connectivity index is 2.21. The lowest BCUT2D eigenvalue weighted by molar-refractivity contribution is 0.0960. The summed E-state index contributed by atoms with van der Waals surface area (Å²) >= 11 is 0. The Labute approximate surface area is 128 Å². The summed E-state index contributed by atoms with van der Waals surface area (Å²) in [6.45, 7) is 6.61. The van der Waals surface area contributed by atoms with Gasteiger partial charge in [-0.05, 0) is 24.6 Å². The van der Waals surface area contributed by atoms with Gasteiger partial charge < -0.3 is 15.6 Å². The van der Waals surface area contributed by atoms with Gasteiger partial charge in [-0.2, -0.15) is 5.10 Å². The lowest BCUT2D eigenvalue weighted by Gasteiger charge is -2.29. The summed E-state index contributed by atoms with van der Waals surface area (Å²) in [4.78, 5) is 14.8. The Morgan fingerprint density at radius 2 is 2.18 bits per heavy atom. The molecule has 0 saturated heterocycles. The zero-order valence-electron chi connectivity index (χ0n) is 12.9. The summed E-state index contributed by atoms with van der Waals surface area (Å²) in [7, 11) is 0. The van der Waals surface area contributed by atoms with E-state index in [4.69, 9.17) is 10.5 Å². The highest BCUT2D eigenvalue weighted by atomic mass is 16.5. The maximum absolute atomic E-state index is 10.7. The van der Waals surface area contributed by atoms with E-state index in [1.54, 1.807) is 23.0 Å². The topological polar surface area (TPSA) is 103 Å². The fourth-order valence-electron chi connectivity index (χ4n) is 2.13. The van der Waals surface area contributed by atoms with Crippen molar-refractivity contribution in [1.82, 2.24) is 14.8 Å². The summed E-state index contributed by atoms with van der Waals surface area (Å²) in [6.07, 6.45) is 3.28. The molecule has 2 heterocycles. The van der Waals surface area contributed by atoms with Gasteiger partial charge in [0.1, 0.15) is 6.10 Å². The van der Waals surface area contributed by atoms with E-state index < -0.39 is 17.6 Å². The van der Waals surface area contributed by atoms with Crippen molar-refractivity contribution >= 4 is 6.09 Å². The van der Waals surface area contributed by atoms with Gasteiger partial charge in [0.05, 0.1) is 18.1 Å². The Morgan fingerprint density at radius 1 is 1.45 bits per heavy atom. The molecule has 0 spiro atoms. The standard InChI is InChI=1S/C15H20N4O3/c1-4-19-9-10(7-18-19)15(2,3)13(20)12-6-5-11(8-17-12)22-14(16)21/h5-9,13,20H,4H2,1-3H3,(H2,16,21). The fraction of sp³-hybridized carbons (Fsp3) is 0.400. The van der Waals surface area contributed by atoms with Gasteiger partial charge in [0.2, 0.25) is 0 Å². The Bertz CT molecular complexity index is 649. The van der Waals surface area contributed by atoms with Crippen molar-refractivity contribution in [3.8, 4) is 5.75 Å². The van der Waals surface area contributed by atoms with Crippen LogP contribution in [-0.2, 0) is 12.0 Å². The van der Waals surface area contributed by atoms with Crippen molar-refractivity contribution in [2.24, 2.45) is 5.73 Å². The van der Waals surface area contributed by atoms with E-state index >= 15 is 0 Å². The predicted molar refractivity (Wildman–Crippen MR) is 80.3 cm³/mol. The van der Waals surface area contributed by atoms with Gasteiger partial charge in [-0.15, -0.1) is 0 Å². The number of aliphatic hydroxyl groups excluding tert-OH is 1. The van der Waals surface area contributed by atoms with Gasteiger partial charge in [0.25, 0.3) is 0 Å². The number of aromatic nitrogens is 3. The second-order valence-corrected chi connectivity index (χ2v) is 5.55. The molecule has 2 rings (SSSR count). The van der Waals surface area contributed by atoms with Crippen LogP contribution >= 0.6 is 0 Å². The van der Waals surface area contributed by atoms with Crippen LogP contribution < -0.4 is 10.5 Å². The second-order valence-electron chi connectivity index (χ2n) is 5.55. The number of aryl methyl sites for hydroxylation is 1. The molecular formula is C15H20N4O3. The third-order valence-electron chi connectivity index (χ3n) is 3.64. The smallest absolute Gasteiger partial charge is 0.409 e. The average molecular weight is 304 g/mol. The van der Waals surface area contributed by atoms with Crippen LogP contribution in [0.3, 0.4) is 0 Å². The van der Waals surface area contributed by atoms with Crippen molar-refractivity contribution in [3.05, 3.63) is 42.0 Å². The molecule has 118 valence electrons. The van der Waals surface area contributed by atoms with Crippen LogP contribution in [0.4, 0.5) is 4.79 Å². The molecule has 1 atom stereocenters. The number of primary amides is 1. The van der Waals surface area contributed by atoms with Gasteiger partial charge in [0, 0.05) is 18.2 Å². The van der Waals surface area contributed by atoms with E-state index in [9.17, 15) is 9.90 Å². The minimum Gasteiger partial charge on any atom is -0.409 e. The molecule has 1 amide bonds. The number of carbonyl (C=O) groups is 1. The number of nitrogens with two attached hydrogens (primary N) is 1. The molecule has 0 aliphatic heterocycles. The summed E-state index contributed by atoms with van der Waals surface area (Å²) in [5.74, 6) is 0.236. The Kier molecular flexibility index (Phi) is 4.46. The highest BCUT2D eigenvalue weighted by Gasteiger charge is 2.33. The number of amides is 1. The molecular weight excluding hydrogens is 284 g/mol. The van der Waals surface area contributed by atoms with E-state index in [-0.39, 0.29) is 5.75 Å². The fourth-order valence-corrected chi connectivity index (χ4v) is 2.13. The number of pyridine rings is 1. The van der Waals surface area contributed by atoms with Gasteiger partial charge >= 0.3 is 6.09 Å². The van der Waals surface area contributed by atoms with Crippen LogP contribution in [0.25, 0.3) is 0 Å². The van der Waals surface area contributed by atoms with Crippen molar-refractivity contribution < 1.29 is 14.6 Å². The summed E-state index contributed by atoms with van der Waals surface area (Å²) in [5, 5.41) is 14.9. The first-order chi connectivity index (χ1) is 10.3. The number of rotatable bonds is 5. The molecule has 7 nitrogen and oxygen atoms in total. The van der Waals surface area contributed by atoms with Crippen molar-refractivity contribution in [2.45, 2.75) is 38.8 Å². The van der Waals surface area contributed by atoms with Gasteiger partial charge in [-0.25, -0.2) is 4.79 Å². The number of nitrogens with zero attached hydrogens (tertiary/aromatic N) is 3. The van der Waals surface area contributed by atoms with Crippen LogP contribution in [0, 0.1) is 0 Å². The number of hydrogen-bond acceptors (Lipinski definition) is 5. The number of aliphatic hydroxyl groups is 1. The minimum atomic E-state index is -0.901. The average Bonchev–Trinajstić information content (AvgIpc) is 2.96.